The van der Waals surface area contributed by atoms with Gasteiger partial charge in [-0.1, -0.05) is 0 Å². The van der Waals surface area contributed by atoms with E-state index >= 15 is 0 Å². The first kappa shape index (κ1) is 11.6. The fourth-order valence-corrected chi connectivity index (χ4v) is 1.99. The molecule has 2 heterocycles. The fourth-order valence-electron chi connectivity index (χ4n) is 1.99. The van der Waals surface area contributed by atoms with Gasteiger partial charge in [0.15, 0.2) is 0 Å². The molecule has 0 bridgehead atoms. The van der Waals surface area contributed by atoms with Crippen LogP contribution in [-0.2, 0) is 9.47 Å². The van der Waals surface area contributed by atoms with Crippen molar-refractivity contribution in [2.75, 3.05) is 52.6 Å². The molecular weight excluding hydrogens is 212 g/mol. The summed E-state index contributed by atoms with van der Waals surface area (Å²) in [4.78, 5) is 15.2. The number of cyclic esters (lactones) is 1. The summed E-state index contributed by atoms with van der Waals surface area (Å²) in [5.74, 6) is 0. The minimum absolute atomic E-state index is 0.0329. The van der Waals surface area contributed by atoms with Crippen LogP contribution in [0, 0.1) is 0 Å². The second-order valence-corrected chi connectivity index (χ2v) is 4.06. The van der Waals surface area contributed by atoms with Crippen LogP contribution >= 0.6 is 0 Å². The van der Waals surface area contributed by atoms with Crippen molar-refractivity contribution in [1.82, 2.24) is 9.80 Å². The average Bonchev–Trinajstić information content (AvgIpc) is 2.69. The zero-order valence-corrected chi connectivity index (χ0v) is 9.30. The molecule has 2 rings (SSSR count). The van der Waals surface area contributed by atoms with Crippen molar-refractivity contribution in [1.29, 1.82) is 0 Å². The van der Waals surface area contributed by atoms with Gasteiger partial charge >= 0.3 is 6.09 Å². The molecule has 6 heteroatoms. The van der Waals surface area contributed by atoms with E-state index in [1.54, 1.807) is 4.90 Å². The number of amides is 1. The molecule has 1 N–H and O–H groups in total. The normalized spacial score (nSPS) is 27.2. The molecule has 16 heavy (non-hydrogen) atoms. The van der Waals surface area contributed by atoms with Crippen LogP contribution in [0.3, 0.4) is 0 Å². The van der Waals surface area contributed by atoms with E-state index in [4.69, 9.17) is 14.6 Å². The van der Waals surface area contributed by atoms with Crippen LogP contribution < -0.4 is 0 Å². The number of carbonyl (C=O) groups is 1. The third kappa shape index (κ3) is 2.63. The van der Waals surface area contributed by atoms with Crippen molar-refractivity contribution in [3.8, 4) is 0 Å². The first-order valence-corrected chi connectivity index (χ1v) is 5.65. The molecule has 2 aliphatic rings. The lowest BCUT2D eigenvalue weighted by molar-refractivity contribution is 0.0333. The van der Waals surface area contributed by atoms with E-state index in [0.29, 0.717) is 13.2 Å². The van der Waals surface area contributed by atoms with Crippen molar-refractivity contribution in [2.45, 2.75) is 6.04 Å². The number of carbonyl (C=O) groups excluding carboxylic acids is 1. The highest BCUT2D eigenvalue weighted by Gasteiger charge is 2.32. The predicted octanol–water partition coefficient (Wildman–Crippen LogP) is -0.868. The standard InChI is InChI=1S/C10H18N2O4/c13-7-9-8-16-10(14)12(9)2-1-11-3-5-15-6-4-11/h9,13H,1-8H2. The molecule has 2 saturated heterocycles. The lowest BCUT2D eigenvalue weighted by Crippen LogP contribution is -2.44. The smallest absolute Gasteiger partial charge is 0.410 e. The summed E-state index contributed by atoms with van der Waals surface area (Å²) in [7, 11) is 0. The van der Waals surface area contributed by atoms with E-state index in [9.17, 15) is 4.79 Å². The van der Waals surface area contributed by atoms with Gasteiger partial charge in [0.1, 0.15) is 6.61 Å². The summed E-state index contributed by atoms with van der Waals surface area (Å²) >= 11 is 0. The Hall–Kier alpha value is -0.850. The molecule has 1 amide bonds. The zero-order chi connectivity index (χ0) is 11.4. The average molecular weight is 230 g/mol. The Kier molecular flexibility index (Phi) is 3.98. The third-order valence-electron chi connectivity index (χ3n) is 3.05. The molecule has 0 saturated carbocycles. The number of morpholine rings is 1. The molecule has 0 aromatic rings. The molecular formula is C10H18N2O4. The minimum Gasteiger partial charge on any atom is -0.447 e. The monoisotopic (exact) mass is 230 g/mol. The first-order valence-electron chi connectivity index (χ1n) is 5.65. The maximum atomic E-state index is 11.4. The molecule has 2 aliphatic heterocycles. The molecule has 0 radical (unpaired) electrons. The fraction of sp³-hybridized carbons (Fsp3) is 0.900. The summed E-state index contributed by atoms with van der Waals surface area (Å²) in [6, 6.07) is -0.173. The van der Waals surface area contributed by atoms with Crippen molar-refractivity contribution < 1.29 is 19.4 Å². The van der Waals surface area contributed by atoms with Gasteiger partial charge in [-0.25, -0.2) is 4.79 Å². The van der Waals surface area contributed by atoms with Crippen LogP contribution in [-0.4, -0.2) is 79.6 Å². The lowest BCUT2D eigenvalue weighted by Gasteiger charge is -2.29. The van der Waals surface area contributed by atoms with E-state index in [1.807, 2.05) is 0 Å². The molecule has 0 aromatic heterocycles. The van der Waals surface area contributed by atoms with E-state index < -0.39 is 0 Å². The Morgan fingerprint density at radius 2 is 2.06 bits per heavy atom. The second kappa shape index (κ2) is 5.47. The van der Waals surface area contributed by atoms with Crippen LogP contribution in [0.1, 0.15) is 0 Å². The lowest BCUT2D eigenvalue weighted by atomic mass is 10.3. The van der Waals surface area contributed by atoms with E-state index in [-0.39, 0.29) is 18.7 Å². The highest BCUT2D eigenvalue weighted by molar-refractivity contribution is 5.70. The van der Waals surface area contributed by atoms with E-state index in [1.165, 1.54) is 0 Å². The largest absolute Gasteiger partial charge is 0.447 e. The predicted molar refractivity (Wildman–Crippen MR) is 56.2 cm³/mol. The van der Waals surface area contributed by atoms with Gasteiger partial charge in [0, 0.05) is 26.2 Å². The Bertz CT molecular complexity index is 243. The van der Waals surface area contributed by atoms with Crippen LogP contribution in [0.25, 0.3) is 0 Å². The third-order valence-corrected chi connectivity index (χ3v) is 3.05. The summed E-state index contributed by atoms with van der Waals surface area (Å²) < 4.78 is 10.1. The van der Waals surface area contributed by atoms with Crippen molar-refractivity contribution in [2.24, 2.45) is 0 Å². The quantitative estimate of drug-likeness (QED) is 0.680. The Morgan fingerprint density at radius 3 is 2.75 bits per heavy atom. The van der Waals surface area contributed by atoms with Gasteiger partial charge in [-0.3, -0.25) is 9.80 Å². The van der Waals surface area contributed by atoms with Crippen LogP contribution in [0.15, 0.2) is 0 Å². The van der Waals surface area contributed by atoms with Crippen LogP contribution in [0.5, 0.6) is 0 Å². The van der Waals surface area contributed by atoms with Gasteiger partial charge in [-0.2, -0.15) is 0 Å². The number of nitrogens with zero attached hydrogens (tertiary/aromatic N) is 2. The van der Waals surface area contributed by atoms with Gasteiger partial charge in [0.25, 0.3) is 0 Å². The van der Waals surface area contributed by atoms with Crippen LogP contribution in [0.4, 0.5) is 4.79 Å². The first-order chi connectivity index (χ1) is 7.81. The summed E-state index contributed by atoms with van der Waals surface area (Å²) in [6.07, 6.45) is -0.313. The molecule has 92 valence electrons. The Balaban J connectivity index is 1.77. The SMILES string of the molecule is O=C1OCC(CO)N1CCN1CCOCC1. The van der Waals surface area contributed by atoms with Gasteiger partial charge in [0.2, 0.25) is 0 Å². The summed E-state index contributed by atoms with van der Waals surface area (Å²) in [6.45, 7) is 5.04. The number of hydrogen-bond acceptors (Lipinski definition) is 5. The molecule has 1 unspecified atom stereocenters. The van der Waals surface area contributed by atoms with Crippen molar-refractivity contribution in [3.05, 3.63) is 0 Å². The van der Waals surface area contributed by atoms with E-state index in [0.717, 1.165) is 32.8 Å². The molecule has 0 aromatic carbocycles. The van der Waals surface area contributed by atoms with Gasteiger partial charge < -0.3 is 14.6 Å². The zero-order valence-electron chi connectivity index (χ0n) is 9.30. The molecule has 2 fully saturated rings. The number of ether oxygens (including phenoxy) is 2. The molecule has 6 nitrogen and oxygen atoms in total. The highest BCUT2D eigenvalue weighted by Crippen LogP contribution is 2.11. The summed E-state index contributed by atoms with van der Waals surface area (Å²) in [5, 5.41) is 9.08. The molecule has 0 aliphatic carbocycles. The molecule has 1 atom stereocenters. The summed E-state index contributed by atoms with van der Waals surface area (Å²) in [5.41, 5.74) is 0. The van der Waals surface area contributed by atoms with Crippen LogP contribution in [0.2, 0.25) is 0 Å². The second-order valence-electron chi connectivity index (χ2n) is 4.06. The Labute approximate surface area is 94.7 Å². The van der Waals surface area contributed by atoms with Gasteiger partial charge in [-0.05, 0) is 0 Å². The van der Waals surface area contributed by atoms with Crippen molar-refractivity contribution >= 4 is 6.09 Å². The number of aliphatic hydroxyl groups is 1. The van der Waals surface area contributed by atoms with E-state index in [2.05, 4.69) is 4.90 Å². The topological polar surface area (TPSA) is 62.2 Å². The number of aliphatic hydroxyl groups excluding tert-OH is 1. The minimum atomic E-state index is -0.313. The molecule has 0 spiro atoms. The number of rotatable bonds is 4. The van der Waals surface area contributed by atoms with Crippen molar-refractivity contribution in [3.63, 3.8) is 0 Å². The van der Waals surface area contributed by atoms with Gasteiger partial charge in [-0.15, -0.1) is 0 Å². The highest BCUT2D eigenvalue weighted by atomic mass is 16.6. The maximum absolute atomic E-state index is 11.4. The maximum Gasteiger partial charge on any atom is 0.410 e. The number of hydrogen-bond donors (Lipinski definition) is 1. The Morgan fingerprint density at radius 1 is 1.31 bits per heavy atom. The van der Waals surface area contributed by atoms with Gasteiger partial charge in [0.05, 0.1) is 25.9 Å².